The molecular formula is C26H33N5O4. The third kappa shape index (κ3) is 5.18. The largest absolute Gasteiger partial charge is 0.493 e. The molecule has 0 bridgehead atoms. The Morgan fingerprint density at radius 3 is 2.34 bits per heavy atom. The number of amides is 1. The molecule has 3 aromatic rings. The molecule has 1 aromatic heterocycles. The highest BCUT2D eigenvalue weighted by molar-refractivity contribution is 5.91. The third-order valence-corrected chi connectivity index (χ3v) is 6.28. The van der Waals surface area contributed by atoms with E-state index in [0.29, 0.717) is 66.3 Å². The van der Waals surface area contributed by atoms with Crippen LogP contribution < -0.4 is 24.8 Å². The number of methoxy groups -OCH3 is 2. The van der Waals surface area contributed by atoms with Crippen LogP contribution in [0.5, 0.6) is 17.2 Å². The Bertz CT molecular complexity index is 1220. The van der Waals surface area contributed by atoms with Gasteiger partial charge >= 0.3 is 0 Å². The maximum atomic E-state index is 12.8. The van der Waals surface area contributed by atoms with Crippen molar-refractivity contribution in [3.63, 3.8) is 0 Å². The predicted octanol–water partition coefficient (Wildman–Crippen LogP) is 3.39. The van der Waals surface area contributed by atoms with E-state index in [4.69, 9.17) is 24.9 Å². The molecule has 9 nitrogen and oxygen atoms in total. The molecule has 1 aliphatic heterocycles. The summed E-state index contributed by atoms with van der Waals surface area (Å²) in [5, 5.41) is 0.703. The van der Waals surface area contributed by atoms with Crippen LogP contribution in [0, 0.1) is 6.92 Å². The Labute approximate surface area is 205 Å². The summed E-state index contributed by atoms with van der Waals surface area (Å²) in [7, 11) is 3.16. The summed E-state index contributed by atoms with van der Waals surface area (Å²) in [4.78, 5) is 25.9. The Hall–Kier alpha value is -3.75. The van der Waals surface area contributed by atoms with E-state index in [1.807, 2.05) is 22.8 Å². The van der Waals surface area contributed by atoms with E-state index in [0.717, 1.165) is 16.9 Å². The van der Waals surface area contributed by atoms with Crippen LogP contribution in [0.25, 0.3) is 10.9 Å². The van der Waals surface area contributed by atoms with Gasteiger partial charge in [-0.25, -0.2) is 4.98 Å². The number of rotatable bonds is 7. The van der Waals surface area contributed by atoms with Gasteiger partial charge in [0.2, 0.25) is 5.95 Å². The molecule has 2 heterocycles. The van der Waals surface area contributed by atoms with Crippen molar-refractivity contribution in [2.24, 2.45) is 0 Å². The second-order valence-corrected chi connectivity index (χ2v) is 8.99. The lowest BCUT2D eigenvalue weighted by atomic mass is 10.0. The van der Waals surface area contributed by atoms with Gasteiger partial charge in [-0.05, 0) is 36.1 Å². The van der Waals surface area contributed by atoms with Crippen molar-refractivity contribution in [2.75, 3.05) is 57.6 Å². The highest BCUT2D eigenvalue weighted by Gasteiger charge is 2.24. The molecule has 1 saturated heterocycles. The summed E-state index contributed by atoms with van der Waals surface area (Å²) in [6.07, 6.45) is 0. The van der Waals surface area contributed by atoms with Crippen LogP contribution in [0.1, 0.15) is 30.9 Å². The van der Waals surface area contributed by atoms with Gasteiger partial charge in [0.05, 0.1) is 19.7 Å². The van der Waals surface area contributed by atoms with Crippen molar-refractivity contribution in [1.29, 1.82) is 0 Å². The quantitative estimate of drug-likeness (QED) is 0.550. The number of nitrogen functional groups attached to an aromatic ring is 1. The van der Waals surface area contributed by atoms with Gasteiger partial charge in [0.15, 0.2) is 18.1 Å². The Kier molecular flexibility index (Phi) is 7.14. The average molecular weight is 480 g/mol. The normalized spacial score (nSPS) is 13.9. The number of nitrogens with zero attached hydrogens (tertiary/aromatic N) is 4. The van der Waals surface area contributed by atoms with Crippen molar-refractivity contribution < 1.29 is 19.0 Å². The van der Waals surface area contributed by atoms with Gasteiger partial charge in [-0.1, -0.05) is 26.0 Å². The molecule has 4 rings (SSSR count). The van der Waals surface area contributed by atoms with Crippen LogP contribution in [0.2, 0.25) is 0 Å². The lowest BCUT2D eigenvalue weighted by Gasteiger charge is -2.34. The first-order chi connectivity index (χ1) is 16.8. The SMILES string of the molecule is COc1cc2nc(N3CCN(C(=O)COc4cc(C)ccc4C(C)C)CC3)nc(N)c2cc1OC. The fourth-order valence-electron chi connectivity index (χ4n) is 4.24. The highest BCUT2D eigenvalue weighted by Crippen LogP contribution is 2.34. The summed E-state index contributed by atoms with van der Waals surface area (Å²) in [6.45, 7) is 8.59. The standard InChI is InChI=1S/C26H33N5O4/c1-16(2)18-7-6-17(3)12-21(18)35-15-24(32)30-8-10-31(11-9-30)26-28-20-14-23(34-5)22(33-4)13-19(20)25(27)29-26/h6-7,12-14,16H,8-11,15H2,1-5H3,(H2,27,28,29). The van der Waals surface area contributed by atoms with E-state index < -0.39 is 0 Å². The zero-order chi connectivity index (χ0) is 25.1. The van der Waals surface area contributed by atoms with Crippen molar-refractivity contribution in [2.45, 2.75) is 26.7 Å². The molecule has 0 atom stereocenters. The van der Waals surface area contributed by atoms with Crippen LogP contribution in [-0.4, -0.2) is 67.8 Å². The minimum absolute atomic E-state index is 0.0181. The van der Waals surface area contributed by atoms with Gasteiger partial charge in [0.25, 0.3) is 5.91 Å². The van der Waals surface area contributed by atoms with Gasteiger partial charge in [0, 0.05) is 37.6 Å². The summed E-state index contributed by atoms with van der Waals surface area (Å²) in [6, 6.07) is 9.70. The molecule has 1 fully saturated rings. The van der Waals surface area contributed by atoms with Crippen molar-refractivity contribution in [1.82, 2.24) is 14.9 Å². The molecule has 0 spiro atoms. The second-order valence-electron chi connectivity index (χ2n) is 8.99. The molecule has 0 radical (unpaired) electrons. The number of hydrogen-bond acceptors (Lipinski definition) is 8. The number of hydrogen-bond donors (Lipinski definition) is 1. The minimum Gasteiger partial charge on any atom is -0.493 e. The summed E-state index contributed by atoms with van der Waals surface area (Å²) in [5.41, 5.74) is 9.13. The summed E-state index contributed by atoms with van der Waals surface area (Å²) >= 11 is 0. The molecule has 0 saturated carbocycles. The zero-order valence-electron chi connectivity index (χ0n) is 21.0. The fraction of sp³-hybridized carbons (Fsp3) is 0.423. The average Bonchev–Trinajstić information content (AvgIpc) is 2.86. The van der Waals surface area contributed by atoms with Gasteiger partial charge < -0.3 is 29.7 Å². The van der Waals surface area contributed by atoms with Crippen LogP contribution in [-0.2, 0) is 4.79 Å². The second kappa shape index (κ2) is 10.2. The van der Waals surface area contributed by atoms with Gasteiger partial charge in [-0.2, -0.15) is 4.98 Å². The van der Waals surface area contributed by atoms with E-state index in [1.165, 1.54) is 0 Å². The number of benzene rings is 2. The number of carbonyl (C=O) groups is 1. The van der Waals surface area contributed by atoms with E-state index in [1.54, 1.807) is 26.4 Å². The zero-order valence-corrected chi connectivity index (χ0v) is 21.0. The van der Waals surface area contributed by atoms with E-state index in [2.05, 4.69) is 31.0 Å². The number of anilines is 2. The van der Waals surface area contributed by atoms with E-state index in [-0.39, 0.29) is 12.5 Å². The van der Waals surface area contributed by atoms with Gasteiger partial charge in [-0.15, -0.1) is 0 Å². The number of aryl methyl sites for hydroxylation is 1. The molecular weight excluding hydrogens is 446 g/mol. The molecule has 0 aliphatic carbocycles. The van der Waals surface area contributed by atoms with Gasteiger partial charge in [0.1, 0.15) is 11.6 Å². The molecule has 35 heavy (non-hydrogen) atoms. The Balaban J connectivity index is 1.41. The topological polar surface area (TPSA) is 103 Å². The molecule has 9 heteroatoms. The number of piperazine rings is 1. The van der Waals surface area contributed by atoms with Crippen molar-refractivity contribution in [3.8, 4) is 17.2 Å². The Morgan fingerprint density at radius 2 is 1.69 bits per heavy atom. The summed E-state index contributed by atoms with van der Waals surface area (Å²) in [5.74, 6) is 3.12. The number of nitrogens with two attached hydrogens (primary N) is 1. The molecule has 2 N–H and O–H groups in total. The fourth-order valence-corrected chi connectivity index (χ4v) is 4.24. The smallest absolute Gasteiger partial charge is 0.260 e. The van der Waals surface area contributed by atoms with E-state index >= 15 is 0 Å². The molecule has 1 amide bonds. The van der Waals surface area contributed by atoms with Crippen LogP contribution in [0.4, 0.5) is 11.8 Å². The van der Waals surface area contributed by atoms with Crippen LogP contribution in [0.15, 0.2) is 30.3 Å². The first kappa shape index (κ1) is 24.4. The number of fused-ring (bicyclic) bond motifs is 1. The van der Waals surface area contributed by atoms with E-state index in [9.17, 15) is 4.79 Å². The maximum absolute atomic E-state index is 12.8. The van der Waals surface area contributed by atoms with Crippen LogP contribution >= 0.6 is 0 Å². The van der Waals surface area contributed by atoms with Crippen molar-refractivity contribution >= 4 is 28.6 Å². The number of carbonyl (C=O) groups excluding carboxylic acids is 1. The molecule has 1 aliphatic rings. The number of ether oxygens (including phenoxy) is 3. The maximum Gasteiger partial charge on any atom is 0.260 e. The number of aromatic nitrogens is 2. The van der Waals surface area contributed by atoms with Crippen molar-refractivity contribution in [3.05, 3.63) is 41.5 Å². The van der Waals surface area contributed by atoms with Gasteiger partial charge in [-0.3, -0.25) is 4.79 Å². The predicted molar refractivity (Wildman–Crippen MR) is 137 cm³/mol. The first-order valence-corrected chi connectivity index (χ1v) is 11.8. The lowest BCUT2D eigenvalue weighted by molar-refractivity contribution is -0.133. The molecule has 2 aromatic carbocycles. The molecule has 0 unspecified atom stereocenters. The van der Waals surface area contributed by atoms with Crippen LogP contribution in [0.3, 0.4) is 0 Å². The lowest BCUT2D eigenvalue weighted by Crippen LogP contribution is -2.50. The minimum atomic E-state index is -0.0309. The molecule has 186 valence electrons. The summed E-state index contributed by atoms with van der Waals surface area (Å²) < 4.78 is 16.7. The Morgan fingerprint density at radius 1 is 1.00 bits per heavy atom. The third-order valence-electron chi connectivity index (χ3n) is 6.28. The highest BCUT2D eigenvalue weighted by atomic mass is 16.5. The first-order valence-electron chi connectivity index (χ1n) is 11.8. The monoisotopic (exact) mass is 479 g/mol.